The second-order valence-electron chi connectivity index (χ2n) is 6.63. The predicted octanol–water partition coefficient (Wildman–Crippen LogP) is 0.885. The van der Waals surface area contributed by atoms with Crippen molar-refractivity contribution in [2.45, 2.75) is 44.2 Å². The zero-order valence-electron chi connectivity index (χ0n) is 13.6. The molecule has 2 aliphatic heterocycles. The summed E-state index contributed by atoms with van der Waals surface area (Å²) in [6.45, 7) is 2.91. The first-order valence-corrected chi connectivity index (χ1v) is 8.66. The van der Waals surface area contributed by atoms with Crippen molar-refractivity contribution in [3.05, 3.63) is 41.2 Å². The zero-order chi connectivity index (χ0) is 16.4. The third-order valence-corrected chi connectivity index (χ3v) is 5.04. The number of aryl methyl sites for hydroxylation is 1. The van der Waals surface area contributed by atoms with Gasteiger partial charge in [0.1, 0.15) is 0 Å². The quantitative estimate of drug-likeness (QED) is 0.875. The highest BCUT2D eigenvalue weighted by molar-refractivity contribution is 5.94. The summed E-state index contributed by atoms with van der Waals surface area (Å²) < 4.78 is 1.80. The Morgan fingerprint density at radius 2 is 1.96 bits per heavy atom. The van der Waals surface area contributed by atoms with E-state index in [1.165, 1.54) is 18.4 Å². The molecule has 2 N–H and O–H groups in total. The molecule has 24 heavy (non-hydrogen) atoms. The first-order valence-electron chi connectivity index (χ1n) is 8.66. The van der Waals surface area contributed by atoms with Crippen molar-refractivity contribution in [3.8, 4) is 0 Å². The Bertz CT molecular complexity index is 704. The fourth-order valence-corrected chi connectivity index (χ4v) is 3.60. The van der Waals surface area contributed by atoms with E-state index in [-0.39, 0.29) is 11.9 Å². The molecule has 7 nitrogen and oxygen atoms in total. The second kappa shape index (κ2) is 6.68. The smallest absolute Gasteiger partial charge is 0.251 e. The van der Waals surface area contributed by atoms with Crippen molar-refractivity contribution in [3.63, 3.8) is 0 Å². The minimum atomic E-state index is -0.0159. The number of tetrazole rings is 1. The first-order chi connectivity index (χ1) is 11.8. The van der Waals surface area contributed by atoms with Crippen LogP contribution in [0.2, 0.25) is 0 Å². The molecule has 1 aromatic carbocycles. The van der Waals surface area contributed by atoms with Gasteiger partial charge in [-0.3, -0.25) is 4.79 Å². The van der Waals surface area contributed by atoms with Crippen molar-refractivity contribution >= 4 is 5.91 Å². The van der Waals surface area contributed by atoms with Crippen LogP contribution in [0.1, 0.15) is 46.9 Å². The number of nitrogens with one attached hydrogen (secondary N) is 2. The van der Waals surface area contributed by atoms with E-state index in [4.69, 9.17) is 0 Å². The van der Waals surface area contributed by atoms with Gasteiger partial charge in [0.25, 0.3) is 5.91 Å². The van der Waals surface area contributed by atoms with Crippen molar-refractivity contribution in [2.24, 2.45) is 0 Å². The SMILES string of the molecule is O=C(NC1CCn2nnnc2C1)c1ccc(C2CCNCC2)cc1. The van der Waals surface area contributed by atoms with E-state index in [2.05, 4.69) is 38.3 Å². The van der Waals surface area contributed by atoms with Crippen LogP contribution in [0.15, 0.2) is 24.3 Å². The summed E-state index contributed by atoms with van der Waals surface area (Å²) in [6.07, 6.45) is 3.88. The van der Waals surface area contributed by atoms with Crippen LogP contribution in [-0.4, -0.2) is 45.2 Å². The molecule has 3 heterocycles. The fourth-order valence-electron chi connectivity index (χ4n) is 3.60. The highest BCUT2D eigenvalue weighted by Gasteiger charge is 2.23. The lowest BCUT2D eigenvalue weighted by atomic mass is 9.90. The molecule has 2 aromatic rings. The van der Waals surface area contributed by atoms with Gasteiger partial charge in [-0.05, 0) is 66.4 Å². The molecule has 7 heteroatoms. The highest BCUT2D eigenvalue weighted by atomic mass is 16.1. The number of nitrogens with zero attached hydrogens (tertiary/aromatic N) is 4. The van der Waals surface area contributed by atoms with Gasteiger partial charge in [0.15, 0.2) is 5.82 Å². The molecule has 1 fully saturated rings. The molecule has 0 bridgehead atoms. The number of carbonyl (C=O) groups excluding carboxylic acids is 1. The van der Waals surface area contributed by atoms with Gasteiger partial charge in [-0.25, -0.2) is 4.68 Å². The van der Waals surface area contributed by atoms with Crippen molar-refractivity contribution in [1.29, 1.82) is 0 Å². The molecule has 1 amide bonds. The normalized spacial score (nSPS) is 21.2. The molecular weight excluding hydrogens is 304 g/mol. The number of aromatic nitrogens is 4. The Morgan fingerprint density at radius 1 is 1.17 bits per heavy atom. The Labute approximate surface area is 140 Å². The zero-order valence-corrected chi connectivity index (χ0v) is 13.6. The molecule has 1 unspecified atom stereocenters. The maximum atomic E-state index is 12.5. The van der Waals surface area contributed by atoms with E-state index in [0.717, 1.165) is 37.4 Å². The van der Waals surface area contributed by atoms with E-state index in [0.29, 0.717) is 12.3 Å². The average Bonchev–Trinajstić information content (AvgIpc) is 3.10. The van der Waals surface area contributed by atoms with E-state index in [1.807, 2.05) is 12.1 Å². The Morgan fingerprint density at radius 3 is 2.75 bits per heavy atom. The summed E-state index contributed by atoms with van der Waals surface area (Å²) in [6, 6.07) is 8.19. The number of benzene rings is 1. The van der Waals surface area contributed by atoms with Crippen LogP contribution in [0.3, 0.4) is 0 Å². The van der Waals surface area contributed by atoms with Crippen LogP contribution < -0.4 is 10.6 Å². The molecule has 0 aliphatic carbocycles. The lowest BCUT2D eigenvalue weighted by Crippen LogP contribution is -2.40. The number of rotatable bonds is 3. The molecule has 1 saturated heterocycles. The topological polar surface area (TPSA) is 84.7 Å². The van der Waals surface area contributed by atoms with Crippen molar-refractivity contribution < 1.29 is 4.79 Å². The molecule has 126 valence electrons. The number of hydrogen-bond donors (Lipinski definition) is 2. The van der Waals surface area contributed by atoms with Gasteiger partial charge < -0.3 is 10.6 Å². The number of hydrogen-bond acceptors (Lipinski definition) is 5. The Hall–Kier alpha value is -2.28. The minimum Gasteiger partial charge on any atom is -0.349 e. The monoisotopic (exact) mass is 326 g/mol. The summed E-state index contributed by atoms with van der Waals surface area (Å²) in [5, 5.41) is 18.1. The number of piperidine rings is 1. The van der Waals surface area contributed by atoms with Crippen LogP contribution in [-0.2, 0) is 13.0 Å². The summed E-state index contributed by atoms with van der Waals surface area (Å²) >= 11 is 0. The number of amides is 1. The van der Waals surface area contributed by atoms with Gasteiger partial charge in [-0.1, -0.05) is 12.1 Å². The summed E-state index contributed by atoms with van der Waals surface area (Å²) in [4.78, 5) is 12.5. The summed E-state index contributed by atoms with van der Waals surface area (Å²) in [5.74, 6) is 1.44. The van der Waals surface area contributed by atoms with Gasteiger partial charge in [0, 0.05) is 24.6 Å². The molecule has 0 radical (unpaired) electrons. The molecular formula is C17H22N6O. The molecule has 4 rings (SSSR count). The van der Waals surface area contributed by atoms with E-state index in [1.54, 1.807) is 4.68 Å². The lowest BCUT2D eigenvalue weighted by molar-refractivity contribution is 0.0930. The minimum absolute atomic E-state index is 0.0159. The molecule has 1 atom stereocenters. The Balaban J connectivity index is 1.38. The van der Waals surface area contributed by atoms with E-state index < -0.39 is 0 Å². The van der Waals surface area contributed by atoms with Gasteiger partial charge in [0.05, 0.1) is 0 Å². The highest BCUT2D eigenvalue weighted by Crippen LogP contribution is 2.25. The van der Waals surface area contributed by atoms with Gasteiger partial charge in [-0.15, -0.1) is 5.10 Å². The van der Waals surface area contributed by atoms with Gasteiger partial charge in [0.2, 0.25) is 0 Å². The van der Waals surface area contributed by atoms with Crippen LogP contribution in [0.5, 0.6) is 0 Å². The van der Waals surface area contributed by atoms with Gasteiger partial charge in [-0.2, -0.15) is 0 Å². The number of carbonyl (C=O) groups is 1. The molecule has 0 spiro atoms. The van der Waals surface area contributed by atoms with Crippen molar-refractivity contribution in [2.75, 3.05) is 13.1 Å². The van der Waals surface area contributed by atoms with Crippen LogP contribution in [0.4, 0.5) is 0 Å². The van der Waals surface area contributed by atoms with Crippen molar-refractivity contribution in [1.82, 2.24) is 30.8 Å². The maximum absolute atomic E-state index is 12.5. The molecule has 2 aliphatic rings. The standard InChI is InChI=1S/C17H22N6O/c24-17(19-15-7-10-23-16(11-15)20-21-22-23)14-3-1-12(2-4-14)13-5-8-18-9-6-13/h1-4,13,15,18H,5-11H2,(H,19,24). The third-order valence-electron chi connectivity index (χ3n) is 5.04. The average molecular weight is 326 g/mol. The maximum Gasteiger partial charge on any atom is 0.251 e. The Kier molecular flexibility index (Phi) is 4.25. The van der Waals surface area contributed by atoms with Crippen LogP contribution in [0, 0.1) is 0 Å². The van der Waals surface area contributed by atoms with E-state index >= 15 is 0 Å². The third kappa shape index (κ3) is 3.17. The summed E-state index contributed by atoms with van der Waals surface area (Å²) in [5.41, 5.74) is 2.06. The summed E-state index contributed by atoms with van der Waals surface area (Å²) in [7, 11) is 0. The molecule has 1 aromatic heterocycles. The van der Waals surface area contributed by atoms with Gasteiger partial charge >= 0.3 is 0 Å². The largest absolute Gasteiger partial charge is 0.349 e. The van der Waals surface area contributed by atoms with E-state index in [9.17, 15) is 4.79 Å². The van der Waals surface area contributed by atoms with Crippen LogP contribution in [0.25, 0.3) is 0 Å². The lowest BCUT2D eigenvalue weighted by Gasteiger charge is -2.24. The molecule has 0 saturated carbocycles. The second-order valence-corrected chi connectivity index (χ2v) is 6.63. The fraction of sp³-hybridized carbons (Fsp3) is 0.529. The predicted molar refractivity (Wildman–Crippen MR) is 88.7 cm³/mol. The van der Waals surface area contributed by atoms with Crippen LogP contribution >= 0.6 is 0 Å². The number of fused-ring (bicyclic) bond motifs is 1. The first kappa shape index (κ1) is 15.3.